The van der Waals surface area contributed by atoms with E-state index in [-0.39, 0.29) is 30.2 Å². The van der Waals surface area contributed by atoms with Crippen molar-refractivity contribution in [3.05, 3.63) is 82.4 Å². The summed E-state index contributed by atoms with van der Waals surface area (Å²) in [7, 11) is 1.37. The van der Waals surface area contributed by atoms with Crippen molar-refractivity contribution < 1.29 is 18.9 Å². The molecule has 0 radical (unpaired) electrons. The maximum atomic E-state index is 11.6. The van der Waals surface area contributed by atoms with Gasteiger partial charge in [-0.25, -0.2) is 0 Å². The van der Waals surface area contributed by atoms with E-state index in [0.717, 1.165) is 11.3 Å². The third kappa shape index (κ3) is 4.85. The number of carbonyl (C=O) groups excluding carboxylic acids is 1. The number of aromatic nitrogens is 1. The van der Waals surface area contributed by atoms with Gasteiger partial charge < -0.3 is 19.4 Å². The number of ether oxygens (including phenoxy) is 1. The fourth-order valence-corrected chi connectivity index (χ4v) is 4.20. The highest BCUT2D eigenvalue weighted by Crippen LogP contribution is 2.40. The van der Waals surface area contributed by atoms with Gasteiger partial charge in [-0.1, -0.05) is 6.07 Å². The summed E-state index contributed by atoms with van der Waals surface area (Å²) in [5.74, 6) is 0.987. The Kier molecular flexibility index (Phi) is 6.64. The van der Waals surface area contributed by atoms with Crippen molar-refractivity contribution >= 4 is 29.0 Å². The van der Waals surface area contributed by atoms with Crippen LogP contribution in [0.1, 0.15) is 36.4 Å². The molecule has 3 heterocycles. The predicted molar refractivity (Wildman–Crippen MR) is 124 cm³/mol. The number of nitrogens with zero attached hydrogens (tertiary/aromatic N) is 3. The maximum absolute atomic E-state index is 11.6. The number of hydrogen-bond acceptors (Lipinski definition) is 7. The zero-order chi connectivity index (χ0) is 23.4. The van der Waals surface area contributed by atoms with Gasteiger partial charge in [0.1, 0.15) is 17.6 Å². The molecule has 0 amide bonds. The van der Waals surface area contributed by atoms with Crippen LogP contribution in [-0.2, 0) is 9.53 Å². The minimum atomic E-state index is -0.438. The molecule has 0 unspecified atom stereocenters. The van der Waals surface area contributed by atoms with Gasteiger partial charge in [-0.2, -0.15) is 0 Å². The number of nitro benzene ring substituents is 1. The second-order valence-electron chi connectivity index (χ2n) is 7.51. The van der Waals surface area contributed by atoms with Gasteiger partial charge in [-0.05, 0) is 55.0 Å². The number of hydrogen-bond donors (Lipinski definition) is 1. The van der Waals surface area contributed by atoms with Crippen LogP contribution in [0, 0.1) is 10.1 Å². The number of nitro groups is 1. The fourth-order valence-electron chi connectivity index (χ4n) is 3.87. The number of benzene rings is 1. The lowest BCUT2D eigenvalue weighted by Crippen LogP contribution is -2.30. The SMILES string of the molecule is COC(=O)CCCN1C(=S)N[C@H](c2ccccn2)[C@@H]1c1ccc(-c2ccc([N+](=O)[O-])cc2)o1. The zero-order valence-electron chi connectivity index (χ0n) is 17.8. The Bertz CT molecular complexity index is 1150. The molecule has 9 nitrogen and oxygen atoms in total. The highest BCUT2D eigenvalue weighted by molar-refractivity contribution is 7.80. The fraction of sp³-hybridized carbons (Fsp3) is 0.261. The van der Waals surface area contributed by atoms with Gasteiger partial charge >= 0.3 is 5.97 Å². The zero-order valence-corrected chi connectivity index (χ0v) is 18.7. The molecular weight excluding hydrogens is 444 g/mol. The first kappa shape index (κ1) is 22.4. The first-order valence-corrected chi connectivity index (χ1v) is 10.8. The maximum Gasteiger partial charge on any atom is 0.305 e. The normalized spacial score (nSPS) is 17.6. The van der Waals surface area contributed by atoms with E-state index in [0.29, 0.717) is 29.6 Å². The van der Waals surface area contributed by atoms with Crippen molar-refractivity contribution in [2.24, 2.45) is 0 Å². The number of methoxy groups -OCH3 is 1. The summed E-state index contributed by atoms with van der Waals surface area (Å²) in [4.78, 5) is 28.6. The van der Waals surface area contributed by atoms with Crippen molar-refractivity contribution in [3.63, 3.8) is 0 Å². The number of non-ortho nitro benzene ring substituents is 1. The smallest absolute Gasteiger partial charge is 0.305 e. The Morgan fingerprint density at radius 1 is 1.24 bits per heavy atom. The Balaban J connectivity index is 1.63. The molecule has 1 fully saturated rings. The summed E-state index contributed by atoms with van der Waals surface area (Å²) in [6.45, 7) is 0.530. The first-order valence-electron chi connectivity index (χ1n) is 10.4. The van der Waals surface area contributed by atoms with Crippen molar-refractivity contribution in [2.75, 3.05) is 13.7 Å². The van der Waals surface area contributed by atoms with E-state index in [1.807, 2.05) is 35.2 Å². The lowest BCUT2D eigenvalue weighted by molar-refractivity contribution is -0.384. The molecule has 10 heteroatoms. The van der Waals surface area contributed by atoms with Gasteiger partial charge in [0.25, 0.3) is 5.69 Å². The molecular formula is C23H22N4O5S. The van der Waals surface area contributed by atoms with Gasteiger partial charge in [-0.3, -0.25) is 19.9 Å². The minimum Gasteiger partial charge on any atom is -0.469 e. The van der Waals surface area contributed by atoms with Crippen molar-refractivity contribution in [1.29, 1.82) is 0 Å². The summed E-state index contributed by atoms with van der Waals surface area (Å²) >= 11 is 5.61. The van der Waals surface area contributed by atoms with Gasteiger partial charge in [0, 0.05) is 36.9 Å². The number of furan rings is 1. The summed E-state index contributed by atoms with van der Waals surface area (Å²) in [5.41, 5.74) is 1.56. The Morgan fingerprint density at radius 3 is 2.70 bits per heavy atom. The van der Waals surface area contributed by atoms with Crippen LogP contribution >= 0.6 is 12.2 Å². The number of esters is 1. The summed E-state index contributed by atoms with van der Waals surface area (Å²) in [6.07, 6.45) is 2.57. The summed E-state index contributed by atoms with van der Waals surface area (Å²) in [6, 6.07) is 15.1. The molecule has 0 saturated carbocycles. The van der Waals surface area contributed by atoms with Crippen LogP contribution in [0.5, 0.6) is 0 Å². The van der Waals surface area contributed by atoms with Crippen molar-refractivity contribution in [2.45, 2.75) is 24.9 Å². The van der Waals surface area contributed by atoms with E-state index in [9.17, 15) is 14.9 Å². The van der Waals surface area contributed by atoms with Crippen LogP contribution in [0.3, 0.4) is 0 Å². The number of thiocarbonyl (C=S) groups is 1. The molecule has 0 bridgehead atoms. The van der Waals surface area contributed by atoms with Gasteiger partial charge in [-0.15, -0.1) is 0 Å². The average Bonchev–Trinajstić information content (AvgIpc) is 3.44. The van der Waals surface area contributed by atoms with E-state index < -0.39 is 4.92 Å². The monoisotopic (exact) mass is 466 g/mol. The lowest BCUT2D eigenvalue weighted by Gasteiger charge is -2.25. The van der Waals surface area contributed by atoms with Crippen LogP contribution in [0.4, 0.5) is 5.69 Å². The van der Waals surface area contributed by atoms with Crippen LogP contribution in [0.2, 0.25) is 0 Å². The van der Waals surface area contributed by atoms with Crippen LogP contribution in [0.25, 0.3) is 11.3 Å². The van der Waals surface area contributed by atoms with E-state index in [1.165, 1.54) is 19.2 Å². The first-order chi connectivity index (χ1) is 16.0. The molecule has 2 atom stereocenters. The number of nitrogens with one attached hydrogen (secondary N) is 1. The highest BCUT2D eigenvalue weighted by Gasteiger charge is 2.41. The standard InChI is InChI=1S/C23H22N4O5S/c1-31-20(28)6-4-14-26-22(21(25-23(26)33)17-5-2-3-13-24-17)19-12-11-18(32-19)15-7-9-16(10-8-15)27(29)30/h2-3,5,7-13,21-22H,4,6,14H2,1H3,(H,25,33)/t21-,22+/m1/s1. The van der Waals surface area contributed by atoms with E-state index in [4.69, 9.17) is 21.4 Å². The second-order valence-corrected chi connectivity index (χ2v) is 7.89. The minimum absolute atomic E-state index is 0.0165. The average molecular weight is 467 g/mol. The molecule has 0 aliphatic carbocycles. The molecule has 1 N–H and O–H groups in total. The van der Waals surface area contributed by atoms with E-state index in [2.05, 4.69) is 10.3 Å². The molecule has 1 saturated heterocycles. The Labute approximate surface area is 195 Å². The van der Waals surface area contributed by atoms with Gasteiger partial charge in [0.05, 0.1) is 23.8 Å². The largest absolute Gasteiger partial charge is 0.469 e. The molecule has 1 aliphatic heterocycles. The highest BCUT2D eigenvalue weighted by atomic mass is 32.1. The third-order valence-electron chi connectivity index (χ3n) is 5.49. The van der Waals surface area contributed by atoms with Crippen LogP contribution in [0.15, 0.2) is 65.2 Å². The summed E-state index contributed by atoms with van der Waals surface area (Å²) < 4.78 is 10.9. The predicted octanol–water partition coefficient (Wildman–Crippen LogP) is 4.18. The quantitative estimate of drug-likeness (QED) is 0.226. The van der Waals surface area contributed by atoms with Crippen LogP contribution < -0.4 is 5.32 Å². The number of rotatable bonds is 8. The number of carbonyl (C=O) groups is 1. The molecule has 1 aliphatic rings. The molecule has 2 aromatic heterocycles. The summed E-state index contributed by atoms with van der Waals surface area (Å²) in [5, 5.41) is 14.8. The van der Waals surface area contributed by atoms with Gasteiger partial charge in [0.2, 0.25) is 0 Å². The Morgan fingerprint density at radius 2 is 2.03 bits per heavy atom. The van der Waals surface area contributed by atoms with E-state index in [1.54, 1.807) is 18.3 Å². The molecule has 3 aromatic rings. The molecule has 4 rings (SSSR count). The molecule has 0 spiro atoms. The topological polar surface area (TPSA) is 111 Å². The van der Waals surface area contributed by atoms with Crippen molar-refractivity contribution in [3.8, 4) is 11.3 Å². The Hall–Kier alpha value is -3.79. The second kappa shape index (κ2) is 9.78. The van der Waals surface area contributed by atoms with Crippen LogP contribution in [-0.4, -0.2) is 39.5 Å². The van der Waals surface area contributed by atoms with Gasteiger partial charge in [0.15, 0.2) is 5.11 Å². The van der Waals surface area contributed by atoms with E-state index >= 15 is 0 Å². The van der Waals surface area contributed by atoms with Crippen molar-refractivity contribution in [1.82, 2.24) is 15.2 Å². The third-order valence-corrected chi connectivity index (χ3v) is 5.84. The lowest BCUT2D eigenvalue weighted by atomic mass is 10.0. The molecule has 1 aromatic carbocycles. The molecule has 33 heavy (non-hydrogen) atoms. The number of pyridine rings is 1. The molecule has 170 valence electrons.